The number of hydrogen-bond donors (Lipinski definition) is 1. The molecule has 0 saturated heterocycles. The topological polar surface area (TPSA) is 20.2 Å². The normalized spacial score (nSPS) is 12.4. The van der Waals surface area contributed by atoms with Crippen LogP contribution in [0.4, 0.5) is 4.39 Å². The number of aliphatic hydroxyl groups excluding tert-OH is 1. The molecule has 4 heteroatoms. The summed E-state index contributed by atoms with van der Waals surface area (Å²) in [5.41, 5.74) is 1.43. The van der Waals surface area contributed by atoms with Crippen molar-refractivity contribution >= 4 is 23.2 Å². The Hall–Kier alpha value is -1.09. The molecule has 0 aliphatic carbocycles. The Bertz CT molecular complexity index is 555. The largest absolute Gasteiger partial charge is 0.392 e. The first-order chi connectivity index (χ1) is 9.04. The van der Waals surface area contributed by atoms with E-state index in [1.807, 2.05) is 12.1 Å². The summed E-state index contributed by atoms with van der Waals surface area (Å²) in [5.74, 6) is -0.386. The van der Waals surface area contributed by atoms with Crippen molar-refractivity contribution < 1.29 is 9.50 Å². The van der Waals surface area contributed by atoms with Crippen LogP contribution in [0.25, 0.3) is 0 Å². The van der Waals surface area contributed by atoms with Crippen LogP contribution in [0.1, 0.15) is 11.1 Å². The molecule has 0 amide bonds. The third-order valence-electron chi connectivity index (χ3n) is 2.86. The molecule has 1 nitrogen and oxygen atoms in total. The lowest BCUT2D eigenvalue weighted by Gasteiger charge is -2.11. The minimum Gasteiger partial charge on any atom is -0.392 e. The first kappa shape index (κ1) is 14.3. The van der Waals surface area contributed by atoms with Crippen molar-refractivity contribution in [2.75, 3.05) is 0 Å². The number of rotatable bonds is 4. The highest BCUT2D eigenvalue weighted by atomic mass is 35.5. The van der Waals surface area contributed by atoms with Gasteiger partial charge in [0, 0.05) is 16.5 Å². The molecule has 0 saturated carbocycles. The van der Waals surface area contributed by atoms with Crippen LogP contribution in [0.2, 0.25) is 10.0 Å². The van der Waals surface area contributed by atoms with E-state index in [-0.39, 0.29) is 12.2 Å². The number of hydrogen-bond acceptors (Lipinski definition) is 1. The molecule has 0 fully saturated rings. The fourth-order valence-corrected chi connectivity index (χ4v) is 2.19. The quantitative estimate of drug-likeness (QED) is 0.893. The summed E-state index contributed by atoms with van der Waals surface area (Å²) in [7, 11) is 0. The molecule has 2 rings (SSSR count). The predicted molar refractivity (Wildman–Crippen MR) is 76.3 cm³/mol. The second-order valence-corrected chi connectivity index (χ2v) is 5.30. The van der Waals surface area contributed by atoms with Crippen molar-refractivity contribution in [3.05, 3.63) is 69.5 Å². The second-order valence-electron chi connectivity index (χ2n) is 4.42. The average Bonchev–Trinajstić information content (AvgIpc) is 2.36. The van der Waals surface area contributed by atoms with Crippen molar-refractivity contribution in [2.45, 2.75) is 18.9 Å². The lowest BCUT2D eigenvalue weighted by atomic mass is 10.0. The SMILES string of the molecule is OC(Cc1ccc(Cl)cc1)Cc1ccc(Cl)cc1F. The van der Waals surface area contributed by atoms with Crippen LogP contribution < -0.4 is 0 Å². The molecule has 2 aromatic rings. The molecule has 0 radical (unpaired) electrons. The monoisotopic (exact) mass is 298 g/mol. The molecule has 0 heterocycles. The van der Waals surface area contributed by atoms with Gasteiger partial charge in [-0.25, -0.2) is 4.39 Å². The number of halogens is 3. The zero-order chi connectivity index (χ0) is 13.8. The Morgan fingerprint density at radius 1 is 0.947 bits per heavy atom. The van der Waals surface area contributed by atoms with E-state index >= 15 is 0 Å². The first-order valence-corrected chi connectivity index (χ1v) is 6.66. The lowest BCUT2D eigenvalue weighted by molar-refractivity contribution is 0.174. The molecule has 0 aromatic heterocycles. The van der Waals surface area contributed by atoms with Gasteiger partial charge in [-0.1, -0.05) is 41.4 Å². The summed E-state index contributed by atoms with van der Waals surface area (Å²) in [4.78, 5) is 0. The highest BCUT2D eigenvalue weighted by Crippen LogP contribution is 2.18. The van der Waals surface area contributed by atoms with Crippen LogP contribution >= 0.6 is 23.2 Å². The fraction of sp³-hybridized carbons (Fsp3) is 0.200. The smallest absolute Gasteiger partial charge is 0.127 e. The van der Waals surface area contributed by atoms with Gasteiger partial charge in [0.15, 0.2) is 0 Å². The standard InChI is InChI=1S/C15H13Cl2FO/c16-12-4-1-10(2-5-12)7-14(19)8-11-3-6-13(17)9-15(11)18/h1-6,9,14,19H,7-8H2. The van der Waals surface area contributed by atoms with Crippen LogP contribution in [0.15, 0.2) is 42.5 Å². The van der Waals surface area contributed by atoms with Gasteiger partial charge >= 0.3 is 0 Å². The minimum absolute atomic E-state index is 0.256. The summed E-state index contributed by atoms with van der Waals surface area (Å²) in [6, 6.07) is 11.7. The Morgan fingerprint density at radius 2 is 1.58 bits per heavy atom. The summed E-state index contributed by atoms with van der Waals surface area (Å²) in [5, 5.41) is 11.0. The van der Waals surface area contributed by atoms with Gasteiger partial charge in [0.1, 0.15) is 5.82 Å². The van der Waals surface area contributed by atoms with Crippen LogP contribution in [0.3, 0.4) is 0 Å². The molecular formula is C15H13Cl2FO. The third-order valence-corrected chi connectivity index (χ3v) is 3.34. The van der Waals surface area contributed by atoms with E-state index < -0.39 is 6.10 Å². The zero-order valence-corrected chi connectivity index (χ0v) is 11.6. The van der Waals surface area contributed by atoms with Gasteiger partial charge < -0.3 is 5.11 Å². The Balaban J connectivity index is 2.01. The van der Waals surface area contributed by atoms with E-state index in [4.69, 9.17) is 23.2 Å². The molecule has 0 aliphatic heterocycles. The number of aliphatic hydroxyl groups is 1. The van der Waals surface area contributed by atoms with Gasteiger partial charge in [-0.2, -0.15) is 0 Å². The van der Waals surface area contributed by atoms with Crippen LogP contribution in [-0.2, 0) is 12.8 Å². The third kappa shape index (κ3) is 4.20. The van der Waals surface area contributed by atoms with Crippen molar-refractivity contribution in [1.29, 1.82) is 0 Å². The molecule has 19 heavy (non-hydrogen) atoms. The van der Waals surface area contributed by atoms with Gasteiger partial charge in [-0.15, -0.1) is 0 Å². The summed E-state index contributed by atoms with van der Waals surface area (Å²) < 4.78 is 13.6. The maximum absolute atomic E-state index is 13.6. The Morgan fingerprint density at radius 3 is 2.21 bits per heavy atom. The zero-order valence-electron chi connectivity index (χ0n) is 10.1. The molecule has 1 unspecified atom stereocenters. The van der Waals surface area contributed by atoms with Crippen molar-refractivity contribution in [3.8, 4) is 0 Å². The highest BCUT2D eigenvalue weighted by Gasteiger charge is 2.10. The van der Waals surface area contributed by atoms with Gasteiger partial charge in [0.05, 0.1) is 6.10 Å². The minimum atomic E-state index is -0.642. The number of benzene rings is 2. The molecular weight excluding hydrogens is 286 g/mol. The van der Waals surface area contributed by atoms with E-state index in [1.165, 1.54) is 6.07 Å². The summed E-state index contributed by atoms with van der Waals surface area (Å²) >= 11 is 11.5. The molecule has 1 atom stereocenters. The Kier molecular flexibility index (Phi) is 4.81. The van der Waals surface area contributed by atoms with E-state index in [2.05, 4.69) is 0 Å². The average molecular weight is 299 g/mol. The van der Waals surface area contributed by atoms with E-state index in [1.54, 1.807) is 24.3 Å². The first-order valence-electron chi connectivity index (χ1n) is 5.91. The molecule has 0 spiro atoms. The predicted octanol–water partition coefficient (Wildman–Crippen LogP) is 4.28. The maximum Gasteiger partial charge on any atom is 0.127 e. The van der Waals surface area contributed by atoms with Crippen molar-refractivity contribution in [1.82, 2.24) is 0 Å². The molecule has 100 valence electrons. The van der Waals surface area contributed by atoms with Gasteiger partial charge in [-0.05, 0) is 41.8 Å². The van der Waals surface area contributed by atoms with Gasteiger partial charge in [0.25, 0.3) is 0 Å². The van der Waals surface area contributed by atoms with Crippen LogP contribution in [0.5, 0.6) is 0 Å². The Labute approximate surface area is 121 Å². The summed E-state index contributed by atoms with van der Waals surface area (Å²) in [6.45, 7) is 0. The molecule has 2 aromatic carbocycles. The van der Waals surface area contributed by atoms with Gasteiger partial charge in [0.2, 0.25) is 0 Å². The van der Waals surface area contributed by atoms with Crippen LogP contribution in [-0.4, -0.2) is 11.2 Å². The van der Waals surface area contributed by atoms with E-state index in [0.29, 0.717) is 22.0 Å². The fourth-order valence-electron chi connectivity index (χ4n) is 1.91. The highest BCUT2D eigenvalue weighted by molar-refractivity contribution is 6.30. The second kappa shape index (κ2) is 6.38. The molecule has 0 bridgehead atoms. The van der Waals surface area contributed by atoms with Crippen molar-refractivity contribution in [2.24, 2.45) is 0 Å². The lowest BCUT2D eigenvalue weighted by Crippen LogP contribution is -2.14. The van der Waals surface area contributed by atoms with E-state index in [9.17, 15) is 9.50 Å². The maximum atomic E-state index is 13.6. The molecule has 0 aliphatic rings. The van der Waals surface area contributed by atoms with Crippen LogP contribution in [0, 0.1) is 5.82 Å². The van der Waals surface area contributed by atoms with Crippen molar-refractivity contribution in [3.63, 3.8) is 0 Å². The van der Waals surface area contributed by atoms with Gasteiger partial charge in [-0.3, -0.25) is 0 Å². The van der Waals surface area contributed by atoms with E-state index in [0.717, 1.165) is 5.56 Å². The molecule has 1 N–H and O–H groups in total. The summed E-state index contributed by atoms with van der Waals surface area (Å²) in [6.07, 6.45) is 0.0714.